The van der Waals surface area contributed by atoms with E-state index in [-0.39, 0.29) is 16.4 Å². The number of methoxy groups -OCH3 is 1. The molecule has 3 rings (SSSR count). The average molecular weight is 421 g/mol. The van der Waals surface area contributed by atoms with Gasteiger partial charge in [0.1, 0.15) is 0 Å². The van der Waals surface area contributed by atoms with E-state index in [2.05, 4.69) is 20.8 Å². The molecule has 0 aliphatic carbocycles. The zero-order valence-corrected chi connectivity index (χ0v) is 16.2. The number of halogens is 1. The van der Waals surface area contributed by atoms with Crippen LogP contribution in [0.3, 0.4) is 0 Å². The van der Waals surface area contributed by atoms with Gasteiger partial charge < -0.3 is 9.84 Å². The predicted molar refractivity (Wildman–Crippen MR) is 103 cm³/mol. The molecule has 138 valence electrons. The molecule has 1 heterocycles. The third-order valence-corrected chi connectivity index (χ3v) is 5.64. The van der Waals surface area contributed by atoms with Gasteiger partial charge in [-0.1, -0.05) is 12.1 Å². The summed E-state index contributed by atoms with van der Waals surface area (Å²) in [5.41, 5.74) is 3.56. The maximum absolute atomic E-state index is 10.7. The van der Waals surface area contributed by atoms with Crippen molar-refractivity contribution >= 4 is 21.6 Å². The Kier molecular flexibility index (Phi) is 5.78. The smallest absolute Gasteiger partial charge is 0.269 e. The first-order valence-electron chi connectivity index (χ1n) is 8.52. The molecule has 0 atom stereocenters. The summed E-state index contributed by atoms with van der Waals surface area (Å²) in [5.74, 6) is 0.654. The van der Waals surface area contributed by atoms with Gasteiger partial charge in [-0.05, 0) is 64.5 Å². The first-order valence-corrected chi connectivity index (χ1v) is 9.31. The van der Waals surface area contributed by atoms with E-state index in [1.807, 2.05) is 18.2 Å². The topological polar surface area (TPSA) is 75.8 Å². The van der Waals surface area contributed by atoms with Crippen LogP contribution >= 0.6 is 15.9 Å². The zero-order chi connectivity index (χ0) is 18.7. The number of nitrogens with zero attached hydrogens (tertiary/aromatic N) is 2. The highest BCUT2D eigenvalue weighted by Crippen LogP contribution is 2.40. The number of non-ortho nitro benzene ring substituents is 1. The van der Waals surface area contributed by atoms with Gasteiger partial charge in [-0.2, -0.15) is 0 Å². The van der Waals surface area contributed by atoms with E-state index in [1.165, 1.54) is 5.56 Å². The van der Waals surface area contributed by atoms with Gasteiger partial charge in [0, 0.05) is 25.2 Å². The van der Waals surface area contributed by atoms with Crippen molar-refractivity contribution in [1.29, 1.82) is 0 Å². The number of benzene rings is 2. The second kappa shape index (κ2) is 8.05. The molecule has 2 aromatic rings. The minimum Gasteiger partial charge on any atom is -0.503 e. The lowest BCUT2D eigenvalue weighted by atomic mass is 9.98. The number of nitro benzene ring substituents is 1. The highest BCUT2D eigenvalue weighted by Gasteiger charge is 2.22. The van der Waals surface area contributed by atoms with Crippen LogP contribution in [0.1, 0.15) is 23.1 Å². The van der Waals surface area contributed by atoms with Crippen LogP contribution in [0.4, 0.5) is 5.69 Å². The van der Waals surface area contributed by atoms with Crippen LogP contribution in [-0.2, 0) is 19.4 Å². The Balaban J connectivity index is 1.58. The Labute approximate surface area is 160 Å². The van der Waals surface area contributed by atoms with Crippen LogP contribution in [0.5, 0.6) is 11.5 Å². The molecule has 0 spiro atoms. The standard InChI is InChI=1S/C19H21BrN2O4/c1-26-17-11-14-8-10-21(12-16(14)18(20)19(17)23)9-2-3-13-4-6-15(7-5-13)22(24)25/h4-7,11,23H,2-3,8-10,12H2,1H3. The van der Waals surface area contributed by atoms with Crippen molar-refractivity contribution in [3.8, 4) is 11.5 Å². The van der Waals surface area contributed by atoms with Gasteiger partial charge >= 0.3 is 0 Å². The summed E-state index contributed by atoms with van der Waals surface area (Å²) < 4.78 is 5.93. The lowest BCUT2D eigenvalue weighted by Crippen LogP contribution is -2.31. The highest BCUT2D eigenvalue weighted by atomic mass is 79.9. The van der Waals surface area contributed by atoms with Gasteiger partial charge in [0.05, 0.1) is 16.5 Å². The van der Waals surface area contributed by atoms with Gasteiger partial charge in [0.25, 0.3) is 5.69 Å². The molecule has 0 saturated carbocycles. The number of aromatic hydroxyl groups is 1. The summed E-state index contributed by atoms with van der Waals surface area (Å²) in [5, 5.41) is 20.9. The minimum atomic E-state index is -0.378. The second-order valence-electron chi connectivity index (χ2n) is 6.43. The van der Waals surface area contributed by atoms with Crippen molar-refractivity contribution in [3.63, 3.8) is 0 Å². The van der Waals surface area contributed by atoms with E-state index < -0.39 is 0 Å². The molecule has 0 bridgehead atoms. The van der Waals surface area contributed by atoms with E-state index in [4.69, 9.17) is 4.74 Å². The third kappa shape index (κ3) is 3.99. The quantitative estimate of drug-likeness (QED) is 0.563. The molecular formula is C19H21BrN2O4. The van der Waals surface area contributed by atoms with Gasteiger partial charge in [-0.3, -0.25) is 15.0 Å². The van der Waals surface area contributed by atoms with E-state index in [1.54, 1.807) is 19.2 Å². The van der Waals surface area contributed by atoms with Crippen molar-refractivity contribution in [2.75, 3.05) is 20.2 Å². The Morgan fingerprint density at radius 3 is 2.73 bits per heavy atom. The molecule has 6 nitrogen and oxygen atoms in total. The van der Waals surface area contributed by atoms with Crippen molar-refractivity contribution in [2.24, 2.45) is 0 Å². The molecule has 1 aliphatic heterocycles. The molecule has 1 aliphatic rings. The Bertz CT molecular complexity index is 808. The Hall–Kier alpha value is -2.12. The summed E-state index contributed by atoms with van der Waals surface area (Å²) in [6.07, 6.45) is 2.78. The van der Waals surface area contributed by atoms with Crippen LogP contribution in [0, 0.1) is 10.1 Å². The minimum absolute atomic E-state index is 0.126. The number of hydrogen-bond donors (Lipinski definition) is 1. The third-order valence-electron chi connectivity index (χ3n) is 4.79. The molecule has 0 amide bonds. The maximum atomic E-state index is 10.7. The monoisotopic (exact) mass is 420 g/mol. The fourth-order valence-electron chi connectivity index (χ4n) is 3.32. The Morgan fingerprint density at radius 2 is 2.08 bits per heavy atom. The van der Waals surface area contributed by atoms with Crippen molar-refractivity contribution < 1.29 is 14.8 Å². The second-order valence-corrected chi connectivity index (χ2v) is 7.23. The number of aryl methyl sites for hydroxylation is 1. The molecule has 26 heavy (non-hydrogen) atoms. The molecule has 0 radical (unpaired) electrons. The number of phenols is 1. The number of nitro groups is 1. The molecule has 2 aromatic carbocycles. The highest BCUT2D eigenvalue weighted by molar-refractivity contribution is 9.10. The van der Waals surface area contributed by atoms with Crippen molar-refractivity contribution in [3.05, 3.63) is 61.6 Å². The summed E-state index contributed by atoms with van der Waals surface area (Å²) in [4.78, 5) is 12.7. The van der Waals surface area contributed by atoms with Crippen molar-refractivity contribution in [2.45, 2.75) is 25.8 Å². The van der Waals surface area contributed by atoms with Crippen LogP contribution < -0.4 is 4.74 Å². The normalized spacial score (nSPS) is 14.1. The number of fused-ring (bicyclic) bond motifs is 1. The van der Waals surface area contributed by atoms with Gasteiger partial charge in [0.2, 0.25) is 0 Å². The summed E-state index contributed by atoms with van der Waals surface area (Å²) >= 11 is 3.50. The summed E-state index contributed by atoms with van der Waals surface area (Å²) in [7, 11) is 1.56. The molecule has 0 unspecified atom stereocenters. The van der Waals surface area contributed by atoms with Crippen LogP contribution in [0.2, 0.25) is 0 Å². The molecule has 0 saturated heterocycles. The molecule has 1 N–H and O–H groups in total. The first-order chi connectivity index (χ1) is 12.5. The van der Waals surface area contributed by atoms with E-state index in [0.29, 0.717) is 10.2 Å². The first kappa shape index (κ1) is 18.7. The maximum Gasteiger partial charge on any atom is 0.269 e. The Morgan fingerprint density at radius 1 is 1.35 bits per heavy atom. The van der Waals surface area contributed by atoms with Crippen LogP contribution in [-0.4, -0.2) is 35.1 Å². The largest absolute Gasteiger partial charge is 0.503 e. The molecular weight excluding hydrogens is 400 g/mol. The van der Waals surface area contributed by atoms with E-state index >= 15 is 0 Å². The lowest BCUT2D eigenvalue weighted by molar-refractivity contribution is -0.384. The average Bonchev–Trinajstić information content (AvgIpc) is 2.65. The number of rotatable bonds is 6. The summed E-state index contributed by atoms with van der Waals surface area (Å²) in [6, 6.07) is 8.68. The van der Waals surface area contributed by atoms with Crippen molar-refractivity contribution in [1.82, 2.24) is 4.90 Å². The molecule has 0 aromatic heterocycles. The predicted octanol–water partition coefficient (Wildman–Crippen LogP) is 4.06. The number of phenolic OH excluding ortho intramolecular Hbond substituents is 1. The SMILES string of the molecule is COc1cc2c(c(Br)c1O)CN(CCCc1ccc([N+](=O)[O-])cc1)CC2. The lowest BCUT2D eigenvalue weighted by Gasteiger charge is -2.30. The number of hydrogen-bond acceptors (Lipinski definition) is 5. The fourth-order valence-corrected chi connectivity index (χ4v) is 3.89. The van der Waals surface area contributed by atoms with Gasteiger partial charge in [0.15, 0.2) is 11.5 Å². The molecule has 7 heteroatoms. The number of ether oxygens (including phenoxy) is 1. The van der Waals surface area contributed by atoms with Gasteiger partial charge in [-0.15, -0.1) is 0 Å². The fraction of sp³-hybridized carbons (Fsp3) is 0.368. The summed E-state index contributed by atoms with van der Waals surface area (Å²) in [6.45, 7) is 2.69. The zero-order valence-electron chi connectivity index (χ0n) is 14.6. The van der Waals surface area contributed by atoms with Crippen LogP contribution in [0.25, 0.3) is 0 Å². The van der Waals surface area contributed by atoms with E-state index in [0.717, 1.165) is 50.0 Å². The van der Waals surface area contributed by atoms with Gasteiger partial charge in [-0.25, -0.2) is 0 Å². The van der Waals surface area contributed by atoms with Crippen LogP contribution in [0.15, 0.2) is 34.8 Å². The molecule has 0 fully saturated rings. The van der Waals surface area contributed by atoms with E-state index in [9.17, 15) is 15.2 Å².